The quantitative estimate of drug-likeness (QED) is 0.614. The Balaban J connectivity index is 1.72. The second-order valence-electron chi connectivity index (χ2n) is 7.13. The molecule has 0 radical (unpaired) electrons. The summed E-state index contributed by atoms with van der Waals surface area (Å²) in [6, 6.07) is 7.43. The number of ether oxygens (including phenoxy) is 5. The van der Waals surface area contributed by atoms with Crippen LogP contribution in [0.25, 0.3) is 6.08 Å². The maximum atomic E-state index is 12.5. The van der Waals surface area contributed by atoms with Gasteiger partial charge in [0.1, 0.15) is 23.4 Å². The van der Waals surface area contributed by atoms with Gasteiger partial charge in [0.15, 0.2) is 11.5 Å². The number of fused-ring (bicyclic) bond motifs is 1. The van der Waals surface area contributed by atoms with Crippen molar-refractivity contribution in [2.24, 2.45) is 0 Å². The van der Waals surface area contributed by atoms with Gasteiger partial charge in [0.05, 0.1) is 27.9 Å². The topological polar surface area (TPSA) is 75.3 Å². The molecule has 0 fully saturated rings. The lowest BCUT2D eigenvalue weighted by Crippen LogP contribution is -2.20. The summed E-state index contributed by atoms with van der Waals surface area (Å²) < 4.78 is 27.6. The highest BCUT2D eigenvalue weighted by atomic mass is 16.5. The van der Waals surface area contributed by atoms with Gasteiger partial charge >= 0.3 is 0 Å². The van der Waals surface area contributed by atoms with E-state index >= 15 is 0 Å². The molecule has 3 rings (SSSR count). The van der Waals surface area contributed by atoms with Crippen LogP contribution in [-0.2, 0) is 17.8 Å². The van der Waals surface area contributed by atoms with Crippen molar-refractivity contribution in [1.29, 1.82) is 0 Å². The number of carbonyl (C=O) groups is 1. The molecular formula is C24H29NO6. The van der Waals surface area contributed by atoms with Crippen molar-refractivity contribution in [3.05, 3.63) is 47.0 Å². The molecular weight excluding hydrogens is 398 g/mol. The first-order chi connectivity index (χ1) is 15.0. The Kier molecular flexibility index (Phi) is 7.28. The molecule has 31 heavy (non-hydrogen) atoms. The SMILES string of the molecule is CCOc1cc2c(cc1CNC(=O)/C=C/c1cc(OC)c(OC)cc1OC)O[C@@H](C)C2. The number of hydrogen-bond donors (Lipinski definition) is 1. The molecule has 1 aliphatic heterocycles. The van der Waals surface area contributed by atoms with Crippen LogP contribution in [0.5, 0.6) is 28.7 Å². The van der Waals surface area contributed by atoms with Crippen molar-refractivity contribution in [3.63, 3.8) is 0 Å². The Morgan fingerprint density at radius 2 is 1.77 bits per heavy atom. The molecule has 0 aromatic heterocycles. The van der Waals surface area contributed by atoms with Crippen molar-refractivity contribution in [3.8, 4) is 28.7 Å². The van der Waals surface area contributed by atoms with Crippen LogP contribution in [0.2, 0.25) is 0 Å². The normalized spacial score (nSPS) is 14.7. The first-order valence-electron chi connectivity index (χ1n) is 10.2. The summed E-state index contributed by atoms with van der Waals surface area (Å²) in [6.45, 7) is 4.85. The van der Waals surface area contributed by atoms with Crippen molar-refractivity contribution >= 4 is 12.0 Å². The van der Waals surface area contributed by atoms with Crippen LogP contribution in [0.1, 0.15) is 30.5 Å². The zero-order chi connectivity index (χ0) is 22.4. The molecule has 2 aromatic carbocycles. The maximum absolute atomic E-state index is 12.5. The Bertz CT molecular complexity index is 969. The Hall–Kier alpha value is -3.35. The molecule has 166 valence electrons. The van der Waals surface area contributed by atoms with Crippen molar-refractivity contribution in [1.82, 2.24) is 5.32 Å². The van der Waals surface area contributed by atoms with Crippen molar-refractivity contribution < 1.29 is 28.5 Å². The second kappa shape index (κ2) is 10.1. The molecule has 0 bridgehead atoms. The molecule has 0 saturated carbocycles. The van der Waals surface area contributed by atoms with Crippen LogP contribution < -0.4 is 29.0 Å². The van der Waals surface area contributed by atoms with E-state index in [-0.39, 0.29) is 12.0 Å². The van der Waals surface area contributed by atoms with Gasteiger partial charge in [0.25, 0.3) is 0 Å². The molecule has 1 amide bonds. The molecule has 2 aromatic rings. The highest BCUT2D eigenvalue weighted by Crippen LogP contribution is 2.36. The van der Waals surface area contributed by atoms with Gasteiger partial charge in [0.2, 0.25) is 5.91 Å². The first kappa shape index (κ1) is 22.3. The van der Waals surface area contributed by atoms with Gasteiger partial charge < -0.3 is 29.0 Å². The summed E-state index contributed by atoms with van der Waals surface area (Å²) in [6.07, 6.45) is 4.13. The molecule has 0 unspecified atom stereocenters. The molecule has 1 heterocycles. The van der Waals surface area contributed by atoms with E-state index in [1.807, 2.05) is 26.0 Å². The molecule has 1 aliphatic rings. The van der Waals surface area contributed by atoms with Gasteiger partial charge in [-0.25, -0.2) is 0 Å². The van der Waals surface area contributed by atoms with Crippen LogP contribution in [0, 0.1) is 0 Å². The molecule has 7 nitrogen and oxygen atoms in total. The number of amides is 1. The van der Waals surface area contributed by atoms with E-state index < -0.39 is 0 Å². The zero-order valence-electron chi connectivity index (χ0n) is 18.6. The first-order valence-corrected chi connectivity index (χ1v) is 10.2. The molecule has 1 atom stereocenters. The molecule has 0 aliphatic carbocycles. The molecule has 7 heteroatoms. The van der Waals surface area contributed by atoms with Crippen LogP contribution in [-0.4, -0.2) is 39.9 Å². The third kappa shape index (κ3) is 5.23. The Morgan fingerprint density at radius 1 is 1.06 bits per heavy atom. The largest absolute Gasteiger partial charge is 0.496 e. The predicted octanol–water partition coefficient (Wildman–Crippen LogP) is 3.76. The fourth-order valence-electron chi connectivity index (χ4n) is 3.50. The fourth-order valence-corrected chi connectivity index (χ4v) is 3.50. The van der Waals surface area contributed by atoms with Gasteiger partial charge in [-0.3, -0.25) is 4.79 Å². The monoisotopic (exact) mass is 427 g/mol. The van der Waals surface area contributed by atoms with E-state index in [1.54, 1.807) is 39.5 Å². The number of rotatable bonds is 9. The lowest BCUT2D eigenvalue weighted by molar-refractivity contribution is -0.116. The zero-order valence-corrected chi connectivity index (χ0v) is 18.6. The molecule has 1 N–H and O–H groups in total. The summed E-state index contributed by atoms with van der Waals surface area (Å²) in [4.78, 5) is 12.5. The van der Waals surface area contributed by atoms with E-state index in [0.717, 1.165) is 29.0 Å². The van der Waals surface area contributed by atoms with E-state index in [0.29, 0.717) is 36.0 Å². The number of hydrogen-bond acceptors (Lipinski definition) is 6. The van der Waals surface area contributed by atoms with Gasteiger partial charge in [-0.1, -0.05) is 0 Å². The predicted molar refractivity (Wildman–Crippen MR) is 118 cm³/mol. The summed E-state index contributed by atoms with van der Waals surface area (Å²) in [5, 5.41) is 2.90. The highest BCUT2D eigenvalue weighted by Gasteiger charge is 2.22. The Labute approximate surface area is 182 Å². The van der Waals surface area contributed by atoms with Gasteiger partial charge in [-0.15, -0.1) is 0 Å². The smallest absolute Gasteiger partial charge is 0.244 e. The number of benzene rings is 2. The van der Waals surface area contributed by atoms with E-state index in [2.05, 4.69) is 5.32 Å². The van der Waals surface area contributed by atoms with E-state index in [4.69, 9.17) is 23.7 Å². The van der Waals surface area contributed by atoms with Crippen LogP contribution in [0.4, 0.5) is 0 Å². The summed E-state index contributed by atoms with van der Waals surface area (Å²) in [5.74, 6) is 3.06. The second-order valence-corrected chi connectivity index (χ2v) is 7.13. The van der Waals surface area contributed by atoms with Crippen molar-refractivity contribution in [2.75, 3.05) is 27.9 Å². The van der Waals surface area contributed by atoms with Gasteiger partial charge in [0, 0.05) is 41.8 Å². The van der Waals surface area contributed by atoms with Gasteiger partial charge in [-0.05, 0) is 38.1 Å². The third-order valence-electron chi connectivity index (χ3n) is 4.98. The number of carbonyl (C=O) groups excluding carboxylic acids is 1. The summed E-state index contributed by atoms with van der Waals surface area (Å²) in [7, 11) is 4.67. The average Bonchev–Trinajstić information content (AvgIpc) is 3.14. The summed E-state index contributed by atoms with van der Waals surface area (Å²) in [5.41, 5.74) is 2.71. The maximum Gasteiger partial charge on any atom is 0.244 e. The minimum atomic E-state index is -0.242. The van der Waals surface area contributed by atoms with Crippen molar-refractivity contribution in [2.45, 2.75) is 32.9 Å². The lowest BCUT2D eigenvalue weighted by atomic mass is 10.1. The Morgan fingerprint density at radius 3 is 2.45 bits per heavy atom. The minimum absolute atomic E-state index is 0.147. The molecule has 0 spiro atoms. The minimum Gasteiger partial charge on any atom is -0.496 e. The van der Waals surface area contributed by atoms with E-state index in [1.165, 1.54) is 6.08 Å². The summed E-state index contributed by atoms with van der Waals surface area (Å²) >= 11 is 0. The third-order valence-corrected chi connectivity index (χ3v) is 4.98. The van der Waals surface area contributed by atoms with Crippen LogP contribution in [0.15, 0.2) is 30.3 Å². The standard InChI is InChI=1S/C24H29NO6/c1-6-30-20-11-17-9-15(2)31-21(17)12-18(20)14-25-24(26)8-7-16-10-22(28-4)23(29-5)13-19(16)27-3/h7-8,10-13,15H,6,9,14H2,1-5H3,(H,25,26)/b8-7+/t15-/m0/s1. The van der Waals surface area contributed by atoms with Gasteiger partial charge in [-0.2, -0.15) is 0 Å². The highest BCUT2D eigenvalue weighted by molar-refractivity contribution is 5.92. The average molecular weight is 427 g/mol. The van der Waals surface area contributed by atoms with Crippen LogP contribution >= 0.6 is 0 Å². The molecule has 0 saturated heterocycles. The lowest BCUT2D eigenvalue weighted by Gasteiger charge is -2.13. The number of nitrogens with one attached hydrogen (secondary N) is 1. The fraction of sp³-hybridized carbons (Fsp3) is 0.375. The van der Waals surface area contributed by atoms with E-state index in [9.17, 15) is 4.79 Å². The van der Waals surface area contributed by atoms with Crippen LogP contribution in [0.3, 0.4) is 0 Å². The number of methoxy groups -OCH3 is 3.